The molecule has 0 saturated carbocycles. The monoisotopic (exact) mass is 783 g/mol. The van der Waals surface area contributed by atoms with Gasteiger partial charge in [0.05, 0.1) is 22.4 Å². The zero-order valence-electron chi connectivity index (χ0n) is 34.6. The molecule has 4 aromatic carbocycles. The van der Waals surface area contributed by atoms with E-state index >= 15 is 0 Å². The van der Waals surface area contributed by atoms with Crippen molar-refractivity contribution in [2.24, 2.45) is 0 Å². The molecule has 7 rings (SSSR count). The first-order valence-electron chi connectivity index (χ1n) is 18.6. The molecule has 1 radical (unpaired) electrons. The normalized spacial score (nSPS) is 18.2. The molecule has 3 fully saturated rings. The minimum atomic E-state index is -0.288. The van der Waals surface area contributed by atoms with Crippen LogP contribution in [-0.4, -0.2) is 61.6 Å². The van der Waals surface area contributed by atoms with Crippen LogP contribution >= 0.6 is 15.9 Å². The van der Waals surface area contributed by atoms with Crippen molar-refractivity contribution < 1.29 is 47.3 Å². The Kier molecular flexibility index (Phi) is 21.8. The van der Waals surface area contributed by atoms with E-state index < -0.39 is 0 Å². The third kappa shape index (κ3) is 16.6. The summed E-state index contributed by atoms with van der Waals surface area (Å²) in [6, 6.07) is 29.3. The number of unbranched alkanes of at least 4 members (excludes halogenated alkanes) is 1. The van der Waals surface area contributed by atoms with Crippen LogP contribution in [0.5, 0.6) is 0 Å². The predicted molar refractivity (Wildman–Crippen MR) is 225 cm³/mol. The van der Waals surface area contributed by atoms with E-state index in [1.807, 2.05) is 27.7 Å². The Bertz CT molecular complexity index is 1570. The minimum Gasteiger partial charge on any atom is -0.405 e. The second-order valence-electron chi connectivity index (χ2n) is 15.3. The number of hydrogen-bond donors (Lipinski definition) is 1. The van der Waals surface area contributed by atoms with Gasteiger partial charge in [-0.25, -0.2) is 0 Å². The topological polar surface area (TPSA) is 66.4 Å². The molecule has 1 N–H and O–H groups in total. The quantitative estimate of drug-likeness (QED) is 0.166. The molecule has 4 aromatic rings. The molecule has 0 aromatic heterocycles. The Morgan fingerprint density at radius 1 is 0.698 bits per heavy atom. The SMILES string of the molecule is Brc1ccc2ccccc2c1.C1CCOC1.CC(C)O.CC1(C)OB(c2ccc3ccccc3c2)OC1(C)C.CC1(C)O[B]OC1(C)C.[CH2-]CCC.[Li+]. The van der Waals surface area contributed by atoms with Gasteiger partial charge in [-0.2, -0.15) is 6.42 Å². The van der Waals surface area contributed by atoms with Crippen molar-refractivity contribution in [1.29, 1.82) is 0 Å². The number of hydrogen-bond acceptors (Lipinski definition) is 6. The maximum Gasteiger partial charge on any atom is 1.00 e. The average Bonchev–Trinajstić information content (AvgIpc) is 3.80. The van der Waals surface area contributed by atoms with Gasteiger partial charge in [0.15, 0.2) is 0 Å². The van der Waals surface area contributed by atoms with Crippen molar-refractivity contribution in [2.75, 3.05) is 13.2 Å². The van der Waals surface area contributed by atoms with Crippen LogP contribution in [0.25, 0.3) is 21.5 Å². The van der Waals surface area contributed by atoms with Gasteiger partial charge in [-0.05, 0) is 121 Å². The van der Waals surface area contributed by atoms with Gasteiger partial charge in [-0.3, -0.25) is 0 Å². The molecule has 53 heavy (non-hydrogen) atoms. The van der Waals surface area contributed by atoms with Gasteiger partial charge in [0.25, 0.3) is 0 Å². The fourth-order valence-electron chi connectivity index (χ4n) is 4.55. The molecule has 6 nitrogen and oxygen atoms in total. The first-order chi connectivity index (χ1) is 24.4. The van der Waals surface area contributed by atoms with Crippen LogP contribution in [0, 0.1) is 6.92 Å². The molecular weight excluding hydrogens is 721 g/mol. The molecule has 0 spiro atoms. The summed E-state index contributed by atoms with van der Waals surface area (Å²) in [7, 11) is 1.13. The van der Waals surface area contributed by atoms with Crippen molar-refractivity contribution in [2.45, 2.75) is 130 Å². The maximum atomic E-state index is 8.06. The van der Waals surface area contributed by atoms with E-state index in [1.54, 1.807) is 13.8 Å². The van der Waals surface area contributed by atoms with Crippen LogP contribution in [0.15, 0.2) is 89.4 Å². The molecule has 10 heteroatoms. The molecule has 0 unspecified atom stereocenters. The summed E-state index contributed by atoms with van der Waals surface area (Å²) in [6.45, 7) is 27.5. The van der Waals surface area contributed by atoms with Crippen molar-refractivity contribution >= 4 is 57.7 Å². The van der Waals surface area contributed by atoms with Crippen LogP contribution < -0.4 is 24.3 Å². The van der Waals surface area contributed by atoms with Crippen LogP contribution in [0.4, 0.5) is 0 Å². The molecule has 285 valence electrons. The van der Waals surface area contributed by atoms with Crippen molar-refractivity contribution in [3.63, 3.8) is 0 Å². The molecule has 3 heterocycles. The van der Waals surface area contributed by atoms with E-state index in [0.717, 1.165) is 29.6 Å². The third-order valence-electron chi connectivity index (χ3n) is 9.33. The molecule has 0 atom stereocenters. The zero-order valence-corrected chi connectivity index (χ0v) is 36.2. The predicted octanol–water partition coefficient (Wildman–Crippen LogP) is 7.67. The second kappa shape index (κ2) is 23.4. The van der Waals surface area contributed by atoms with Crippen LogP contribution in [0.2, 0.25) is 0 Å². The van der Waals surface area contributed by atoms with Gasteiger partial charge in [0, 0.05) is 23.8 Å². The number of halogens is 1. The van der Waals surface area contributed by atoms with Crippen molar-refractivity contribution in [3.8, 4) is 0 Å². The van der Waals surface area contributed by atoms with Gasteiger partial charge in [-0.1, -0.05) is 102 Å². The van der Waals surface area contributed by atoms with E-state index in [0.29, 0.717) is 0 Å². The Morgan fingerprint density at radius 2 is 1.09 bits per heavy atom. The average molecular weight is 784 g/mol. The number of fused-ring (bicyclic) bond motifs is 2. The molecule has 0 amide bonds. The van der Waals surface area contributed by atoms with Crippen molar-refractivity contribution in [3.05, 3.63) is 96.3 Å². The standard InChI is InChI=1S/C16H19BO2.C10H7Br.C6H12BO2.C4H8O.C4H9.C3H8O.Li/c1-15(2)16(3,4)19-17(18-15)14-10-9-12-7-5-6-8-13(12)11-14;11-10-6-5-8-3-1-2-4-9(8)7-10;1-5(2)6(3,4)9-7-8-5;1-2-4-5-3-1;1-3-4-2;1-3(2)4;/h5-11H,1-4H3;1-7H;1-4H3;1-4H2;1,3-4H2,2H3;3-4H,1-2H3;/q;;;;-1;;+1. The molecule has 0 aliphatic carbocycles. The number of benzene rings is 4. The Morgan fingerprint density at radius 3 is 1.45 bits per heavy atom. The fourth-order valence-corrected chi connectivity index (χ4v) is 4.93. The van der Waals surface area contributed by atoms with Gasteiger partial charge < -0.3 is 35.4 Å². The molecule has 3 saturated heterocycles. The van der Waals surface area contributed by atoms with E-state index in [-0.39, 0.29) is 54.5 Å². The maximum absolute atomic E-state index is 8.06. The first-order valence-corrected chi connectivity index (χ1v) is 19.4. The van der Waals surface area contributed by atoms with E-state index in [2.05, 4.69) is 142 Å². The number of ether oxygens (including phenoxy) is 1. The number of aliphatic hydroxyl groups excluding tert-OH is 1. The van der Waals surface area contributed by atoms with Crippen LogP contribution in [-0.2, 0) is 23.4 Å². The Hall–Kier alpha value is -1.63. The summed E-state index contributed by atoms with van der Waals surface area (Å²) < 4.78 is 28.7. The third-order valence-corrected chi connectivity index (χ3v) is 9.82. The number of aliphatic hydroxyl groups is 1. The van der Waals surface area contributed by atoms with E-state index in [1.165, 1.54) is 48.5 Å². The van der Waals surface area contributed by atoms with Gasteiger partial charge >= 0.3 is 33.7 Å². The summed E-state index contributed by atoms with van der Waals surface area (Å²) in [5.41, 5.74) is 0.129. The van der Waals surface area contributed by atoms with E-state index in [4.69, 9.17) is 28.5 Å². The number of rotatable bonds is 2. The molecule has 3 aliphatic heterocycles. The van der Waals surface area contributed by atoms with Gasteiger partial charge in [0.2, 0.25) is 0 Å². The van der Waals surface area contributed by atoms with Crippen molar-refractivity contribution in [1.82, 2.24) is 0 Å². The first kappa shape index (κ1) is 49.4. The summed E-state index contributed by atoms with van der Waals surface area (Å²) in [5.74, 6) is 0. The Balaban J connectivity index is 0.000000354. The van der Waals surface area contributed by atoms with Gasteiger partial charge in [0.1, 0.15) is 0 Å². The largest absolute Gasteiger partial charge is 1.00 e. The Labute approximate surface area is 343 Å². The summed E-state index contributed by atoms with van der Waals surface area (Å²) in [6.07, 6.45) is 4.67. The minimum absolute atomic E-state index is 0. The molecule has 3 aliphatic rings. The summed E-state index contributed by atoms with van der Waals surface area (Å²) in [4.78, 5) is 0. The second-order valence-corrected chi connectivity index (χ2v) is 16.2. The summed E-state index contributed by atoms with van der Waals surface area (Å²) >= 11 is 3.43. The zero-order chi connectivity index (χ0) is 39.0. The van der Waals surface area contributed by atoms with Crippen LogP contribution in [0.1, 0.15) is 102 Å². The van der Waals surface area contributed by atoms with Crippen LogP contribution in [0.3, 0.4) is 0 Å². The van der Waals surface area contributed by atoms with Gasteiger partial charge in [-0.15, -0.1) is 0 Å². The van der Waals surface area contributed by atoms with E-state index in [9.17, 15) is 0 Å². The molecule has 0 bridgehead atoms. The molecular formula is C43H63B2BrLiO6. The summed E-state index contributed by atoms with van der Waals surface area (Å²) in [5, 5.41) is 13.1. The smallest absolute Gasteiger partial charge is 0.405 e. The fraction of sp³-hybridized carbons (Fsp3) is 0.512.